The zero-order valence-corrected chi connectivity index (χ0v) is 13.6. The standard InChI is InChI=1S/C19H21Br/c1-15(17-9-7-16(14-20)8-10-17)13-19(11-12-19)18-5-3-2-4-6-18/h2-10,15H,11-14H2,1H3. The highest BCUT2D eigenvalue weighted by Crippen LogP contribution is 2.53. The second-order valence-corrected chi connectivity index (χ2v) is 6.69. The molecule has 2 aromatic rings. The number of rotatable bonds is 5. The Bertz CT molecular complexity index is 552. The molecular formula is C19H21Br. The first-order valence-electron chi connectivity index (χ1n) is 7.44. The van der Waals surface area contributed by atoms with Crippen LogP contribution in [0.5, 0.6) is 0 Å². The van der Waals surface area contributed by atoms with Crippen molar-refractivity contribution >= 4 is 15.9 Å². The molecule has 0 radical (unpaired) electrons. The van der Waals surface area contributed by atoms with Gasteiger partial charge in [0.2, 0.25) is 0 Å². The van der Waals surface area contributed by atoms with E-state index in [0.717, 1.165) is 5.33 Å². The molecule has 1 atom stereocenters. The molecule has 0 bridgehead atoms. The molecule has 0 nitrogen and oxygen atoms in total. The first-order chi connectivity index (χ1) is 9.73. The van der Waals surface area contributed by atoms with Crippen molar-refractivity contribution < 1.29 is 0 Å². The van der Waals surface area contributed by atoms with Crippen molar-refractivity contribution in [2.24, 2.45) is 0 Å². The molecule has 104 valence electrons. The fraction of sp³-hybridized carbons (Fsp3) is 0.368. The fourth-order valence-electron chi connectivity index (χ4n) is 3.19. The highest BCUT2D eigenvalue weighted by atomic mass is 79.9. The predicted octanol–water partition coefficient (Wildman–Crippen LogP) is 5.81. The van der Waals surface area contributed by atoms with Gasteiger partial charge in [0.25, 0.3) is 0 Å². The molecule has 1 heteroatoms. The van der Waals surface area contributed by atoms with Crippen LogP contribution in [0.2, 0.25) is 0 Å². The van der Waals surface area contributed by atoms with Gasteiger partial charge in [0.15, 0.2) is 0 Å². The molecule has 0 heterocycles. The average Bonchev–Trinajstić information content (AvgIpc) is 3.29. The molecular weight excluding hydrogens is 308 g/mol. The van der Waals surface area contributed by atoms with E-state index in [9.17, 15) is 0 Å². The molecule has 1 unspecified atom stereocenters. The van der Waals surface area contributed by atoms with Crippen molar-refractivity contribution in [1.82, 2.24) is 0 Å². The Morgan fingerprint density at radius 3 is 2.20 bits per heavy atom. The van der Waals surface area contributed by atoms with E-state index in [1.54, 1.807) is 0 Å². The summed E-state index contributed by atoms with van der Waals surface area (Å²) in [5.74, 6) is 0.627. The summed E-state index contributed by atoms with van der Waals surface area (Å²) in [6.45, 7) is 2.37. The Kier molecular flexibility index (Phi) is 3.98. The minimum atomic E-state index is 0.453. The molecule has 0 aliphatic heterocycles. The summed E-state index contributed by atoms with van der Waals surface area (Å²) in [5, 5.41) is 0.940. The smallest absolute Gasteiger partial charge is 0.0283 e. The van der Waals surface area contributed by atoms with Crippen LogP contribution < -0.4 is 0 Å². The summed E-state index contributed by atoms with van der Waals surface area (Å²) in [5.41, 5.74) is 4.81. The van der Waals surface area contributed by atoms with Crippen LogP contribution in [0.15, 0.2) is 54.6 Å². The Morgan fingerprint density at radius 2 is 1.65 bits per heavy atom. The zero-order chi connectivity index (χ0) is 14.0. The van der Waals surface area contributed by atoms with E-state index in [4.69, 9.17) is 0 Å². The molecule has 1 aliphatic carbocycles. The predicted molar refractivity (Wildman–Crippen MR) is 89.5 cm³/mol. The minimum absolute atomic E-state index is 0.453. The normalized spacial score (nSPS) is 17.7. The fourth-order valence-corrected chi connectivity index (χ4v) is 3.57. The van der Waals surface area contributed by atoms with Crippen LogP contribution >= 0.6 is 15.9 Å². The van der Waals surface area contributed by atoms with Gasteiger partial charge in [-0.3, -0.25) is 0 Å². The number of alkyl halides is 1. The van der Waals surface area contributed by atoms with Crippen LogP contribution in [-0.2, 0) is 10.7 Å². The summed E-state index contributed by atoms with van der Waals surface area (Å²) < 4.78 is 0. The quantitative estimate of drug-likeness (QED) is 0.608. The van der Waals surface area contributed by atoms with Crippen LogP contribution in [0, 0.1) is 0 Å². The highest BCUT2D eigenvalue weighted by molar-refractivity contribution is 9.08. The van der Waals surface area contributed by atoms with Crippen LogP contribution in [0.4, 0.5) is 0 Å². The van der Waals surface area contributed by atoms with E-state index in [2.05, 4.69) is 77.5 Å². The molecule has 1 saturated carbocycles. The van der Waals surface area contributed by atoms with E-state index in [1.807, 2.05) is 0 Å². The zero-order valence-electron chi connectivity index (χ0n) is 12.0. The third-order valence-corrected chi connectivity index (χ3v) is 5.29. The highest BCUT2D eigenvalue weighted by Gasteiger charge is 2.44. The molecule has 3 rings (SSSR count). The average molecular weight is 329 g/mol. The van der Waals surface area contributed by atoms with Crippen molar-refractivity contribution in [3.63, 3.8) is 0 Å². The van der Waals surface area contributed by atoms with Crippen molar-refractivity contribution in [2.75, 3.05) is 0 Å². The molecule has 0 amide bonds. The third-order valence-electron chi connectivity index (χ3n) is 4.64. The topological polar surface area (TPSA) is 0 Å². The van der Waals surface area contributed by atoms with Crippen molar-refractivity contribution in [1.29, 1.82) is 0 Å². The van der Waals surface area contributed by atoms with Crippen molar-refractivity contribution in [2.45, 2.75) is 42.8 Å². The molecule has 0 N–H and O–H groups in total. The van der Waals surface area contributed by atoms with Crippen LogP contribution in [-0.4, -0.2) is 0 Å². The van der Waals surface area contributed by atoms with Gasteiger partial charge < -0.3 is 0 Å². The molecule has 1 fully saturated rings. The van der Waals surface area contributed by atoms with Crippen LogP contribution in [0.25, 0.3) is 0 Å². The summed E-state index contributed by atoms with van der Waals surface area (Å²) >= 11 is 3.51. The van der Waals surface area contributed by atoms with Crippen molar-refractivity contribution in [3.05, 3.63) is 71.3 Å². The van der Waals surface area contributed by atoms with Gasteiger partial charge in [0.05, 0.1) is 0 Å². The maximum Gasteiger partial charge on any atom is 0.0283 e. The van der Waals surface area contributed by atoms with Gasteiger partial charge in [-0.15, -0.1) is 0 Å². The lowest BCUT2D eigenvalue weighted by Gasteiger charge is -2.21. The summed E-state index contributed by atoms with van der Waals surface area (Å²) in [4.78, 5) is 0. The van der Waals surface area contributed by atoms with E-state index >= 15 is 0 Å². The van der Waals surface area contributed by atoms with E-state index < -0.39 is 0 Å². The number of benzene rings is 2. The number of hydrogen-bond donors (Lipinski definition) is 0. The Balaban J connectivity index is 1.74. The van der Waals surface area contributed by atoms with Gasteiger partial charge in [0, 0.05) is 5.33 Å². The molecule has 0 saturated heterocycles. The Morgan fingerprint density at radius 1 is 1.00 bits per heavy atom. The number of hydrogen-bond acceptors (Lipinski definition) is 0. The van der Waals surface area contributed by atoms with Gasteiger partial charge in [-0.25, -0.2) is 0 Å². The lowest BCUT2D eigenvalue weighted by atomic mass is 9.83. The lowest BCUT2D eigenvalue weighted by Crippen LogP contribution is -2.10. The van der Waals surface area contributed by atoms with Gasteiger partial charge in [-0.2, -0.15) is 0 Å². The van der Waals surface area contributed by atoms with Gasteiger partial charge in [-0.05, 0) is 47.3 Å². The largest absolute Gasteiger partial charge is 0.0876 e. The van der Waals surface area contributed by atoms with Gasteiger partial charge >= 0.3 is 0 Å². The maximum atomic E-state index is 3.51. The summed E-state index contributed by atoms with van der Waals surface area (Å²) in [6.07, 6.45) is 3.96. The van der Waals surface area contributed by atoms with Crippen LogP contribution in [0.3, 0.4) is 0 Å². The monoisotopic (exact) mass is 328 g/mol. The van der Waals surface area contributed by atoms with E-state index in [1.165, 1.54) is 36.0 Å². The molecule has 20 heavy (non-hydrogen) atoms. The Hall–Kier alpha value is -1.08. The molecule has 0 spiro atoms. The second kappa shape index (κ2) is 5.73. The van der Waals surface area contributed by atoms with Crippen molar-refractivity contribution in [3.8, 4) is 0 Å². The van der Waals surface area contributed by atoms with Gasteiger partial charge in [-0.1, -0.05) is 77.5 Å². The first-order valence-corrected chi connectivity index (χ1v) is 8.56. The number of halogens is 1. The lowest BCUT2D eigenvalue weighted by molar-refractivity contribution is 0.547. The molecule has 0 aromatic heterocycles. The SMILES string of the molecule is CC(CC1(c2ccccc2)CC1)c1ccc(CBr)cc1. The maximum absolute atomic E-state index is 3.51. The van der Waals surface area contributed by atoms with E-state index in [-0.39, 0.29) is 0 Å². The second-order valence-electron chi connectivity index (χ2n) is 6.13. The summed E-state index contributed by atoms with van der Waals surface area (Å²) in [6, 6.07) is 20.1. The molecule has 1 aliphatic rings. The Labute approximate surface area is 130 Å². The van der Waals surface area contributed by atoms with Gasteiger partial charge in [0.1, 0.15) is 0 Å². The van der Waals surface area contributed by atoms with Crippen LogP contribution in [0.1, 0.15) is 48.8 Å². The minimum Gasteiger partial charge on any atom is -0.0876 e. The first kappa shape index (κ1) is 13.9. The third kappa shape index (κ3) is 2.83. The summed E-state index contributed by atoms with van der Waals surface area (Å²) in [7, 11) is 0. The molecule has 2 aromatic carbocycles. The van der Waals surface area contributed by atoms with E-state index in [0.29, 0.717) is 11.3 Å².